The third kappa shape index (κ3) is 4.37. The monoisotopic (exact) mass is 280 g/mol. The van der Waals surface area contributed by atoms with E-state index in [0.29, 0.717) is 0 Å². The average Bonchev–Trinajstić information content (AvgIpc) is 2.31. The maximum absolute atomic E-state index is 10.3. The van der Waals surface area contributed by atoms with E-state index in [1.807, 2.05) is 0 Å². The van der Waals surface area contributed by atoms with E-state index in [1.165, 1.54) is 0 Å². The first-order valence-electron chi connectivity index (χ1n) is 6.06. The Morgan fingerprint density at radius 3 is 2.58 bits per heavy atom. The molecule has 5 atom stereocenters. The van der Waals surface area contributed by atoms with E-state index < -0.39 is 36.2 Å². The Labute approximate surface area is 109 Å². The fourth-order valence-electron chi connectivity index (χ4n) is 2.00. The van der Waals surface area contributed by atoms with Crippen molar-refractivity contribution in [1.29, 1.82) is 0 Å². The number of carbonyl (C=O) groups is 1. The minimum atomic E-state index is -2.15. The summed E-state index contributed by atoms with van der Waals surface area (Å²) in [6.07, 6.45) is -5.86. The number of carboxylic acids is 1. The number of rotatable bonds is 6. The number of aliphatic hydroxyl groups excluding tert-OH is 4. The summed E-state index contributed by atoms with van der Waals surface area (Å²) >= 11 is 0. The van der Waals surface area contributed by atoms with Crippen LogP contribution < -0.4 is 0 Å². The van der Waals surface area contributed by atoms with Crippen molar-refractivity contribution in [2.24, 2.45) is 0 Å². The molecule has 0 saturated carbocycles. The van der Waals surface area contributed by atoms with Crippen molar-refractivity contribution in [3.05, 3.63) is 0 Å². The Morgan fingerprint density at radius 2 is 2.00 bits per heavy atom. The average molecular weight is 280 g/mol. The molecular weight excluding hydrogens is 260 g/mol. The SMILES string of the molecule is O=C(O)CCCC(O)C[C@@]1(O)OC[C@@H](O)[C@H](O)[C@H]1O. The molecule has 0 aliphatic carbocycles. The van der Waals surface area contributed by atoms with Gasteiger partial charge >= 0.3 is 5.97 Å². The summed E-state index contributed by atoms with van der Waals surface area (Å²) < 4.78 is 4.88. The molecule has 0 aromatic rings. The van der Waals surface area contributed by atoms with Crippen molar-refractivity contribution in [3.8, 4) is 0 Å². The first-order chi connectivity index (χ1) is 8.76. The van der Waals surface area contributed by atoms with Gasteiger partial charge in [-0.05, 0) is 12.8 Å². The molecule has 0 aromatic carbocycles. The predicted molar refractivity (Wildman–Crippen MR) is 61.0 cm³/mol. The van der Waals surface area contributed by atoms with Crippen LogP contribution in [0.5, 0.6) is 0 Å². The topological polar surface area (TPSA) is 148 Å². The summed E-state index contributed by atoms with van der Waals surface area (Å²) in [6.45, 7) is -0.365. The van der Waals surface area contributed by atoms with Crippen molar-refractivity contribution in [2.75, 3.05) is 6.61 Å². The quantitative estimate of drug-likeness (QED) is 0.321. The lowest BCUT2D eigenvalue weighted by Gasteiger charge is -2.42. The van der Waals surface area contributed by atoms with Gasteiger partial charge in [0, 0.05) is 12.8 Å². The first-order valence-corrected chi connectivity index (χ1v) is 6.06. The van der Waals surface area contributed by atoms with E-state index in [0.717, 1.165) is 0 Å². The van der Waals surface area contributed by atoms with Crippen LogP contribution in [0.25, 0.3) is 0 Å². The highest BCUT2D eigenvalue weighted by Gasteiger charge is 2.49. The second-order valence-electron chi connectivity index (χ2n) is 4.80. The van der Waals surface area contributed by atoms with Gasteiger partial charge in [0.1, 0.15) is 18.3 Å². The molecule has 0 aromatic heterocycles. The van der Waals surface area contributed by atoms with Gasteiger partial charge in [-0.1, -0.05) is 0 Å². The largest absolute Gasteiger partial charge is 0.481 e. The Morgan fingerprint density at radius 1 is 1.37 bits per heavy atom. The highest BCUT2D eigenvalue weighted by molar-refractivity contribution is 5.66. The van der Waals surface area contributed by atoms with Crippen molar-refractivity contribution in [2.45, 2.75) is 55.9 Å². The Kier molecular flexibility index (Phi) is 5.65. The normalized spacial score (nSPS) is 37.0. The highest BCUT2D eigenvalue weighted by Crippen LogP contribution is 2.29. The second-order valence-corrected chi connectivity index (χ2v) is 4.80. The van der Waals surface area contributed by atoms with Gasteiger partial charge in [0.2, 0.25) is 0 Å². The van der Waals surface area contributed by atoms with Gasteiger partial charge in [0.15, 0.2) is 5.79 Å². The van der Waals surface area contributed by atoms with E-state index >= 15 is 0 Å². The molecule has 1 aliphatic rings. The number of hydrogen-bond acceptors (Lipinski definition) is 7. The number of aliphatic hydroxyl groups is 5. The Hall–Kier alpha value is -0.770. The van der Waals surface area contributed by atoms with E-state index in [4.69, 9.17) is 9.84 Å². The van der Waals surface area contributed by atoms with Crippen molar-refractivity contribution < 1.29 is 40.2 Å². The van der Waals surface area contributed by atoms with Crippen LogP contribution in [0.1, 0.15) is 25.7 Å². The van der Waals surface area contributed by atoms with Crippen LogP contribution in [0.3, 0.4) is 0 Å². The molecule has 0 bridgehead atoms. The van der Waals surface area contributed by atoms with Crippen molar-refractivity contribution in [3.63, 3.8) is 0 Å². The van der Waals surface area contributed by atoms with E-state index in [2.05, 4.69) is 0 Å². The number of hydrogen-bond donors (Lipinski definition) is 6. The number of ether oxygens (including phenoxy) is 1. The van der Waals surface area contributed by atoms with Crippen molar-refractivity contribution >= 4 is 5.97 Å². The lowest BCUT2D eigenvalue weighted by molar-refractivity contribution is -0.329. The summed E-state index contributed by atoms with van der Waals surface area (Å²) in [5.74, 6) is -3.14. The molecule has 6 N–H and O–H groups in total. The highest BCUT2D eigenvalue weighted by atomic mass is 16.6. The van der Waals surface area contributed by atoms with E-state index in [1.54, 1.807) is 0 Å². The second kappa shape index (κ2) is 6.60. The standard InChI is InChI=1S/C11H20O8/c12-6(2-1-3-8(14)15)4-11(18)10(17)9(16)7(13)5-19-11/h6-7,9-10,12-13,16-18H,1-5H2,(H,14,15)/t6?,7-,9+,10-,11-/m1/s1. The Balaban J connectivity index is 2.47. The van der Waals surface area contributed by atoms with Crippen LogP contribution in [-0.4, -0.2) is 73.4 Å². The van der Waals surface area contributed by atoms with Crippen LogP contribution in [0.2, 0.25) is 0 Å². The smallest absolute Gasteiger partial charge is 0.303 e. The van der Waals surface area contributed by atoms with Crippen LogP contribution in [0, 0.1) is 0 Å². The van der Waals surface area contributed by atoms with Gasteiger partial charge < -0.3 is 35.4 Å². The van der Waals surface area contributed by atoms with Gasteiger partial charge in [-0.2, -0.15) is 0 Å². The molecule has 0 amide bonds. The molecular formula is C11H20O8. The van der Waals surface area contributed by atoms with Crippen LogP contribution >= 0.6 is 0 Å². The van der Waals surface area contributed by atoms with Crippen LogP contribution in [-0.2, 0) is 9.53 Å². The fraction of sp³-hybridized carbons (Fsp3) is 0.909. The molecule has 0 spiro atoms. The third-order valence-electron chi connectivity index (χ3n) is 3.14. The number of aliphatic carboxylic acids is 1. The lowest BCUT2D eigenvalue weighted by atomic mass is 9.91. The summed E-state index contributed by atoms with van der Waals surface area (Å²) in [7, 11) is 0. The van der Waals surface area contributed by atoms with Crippen molar-refractivity contribution in [1.82, 2.24) is 0 Å². The van der Waals surface area contributed by atoms with E-state index in [-0.39, 0.29) is 32.3 Å². The molecule has 1 heterocycles. The maximum Gasteiger partial charge on any atom is 0.303 e. The van der Waals surface area contributed by atoms with Crippen LogP contribution in [0.4, 0.5) is 0 Å². The summed E-state index contributed by atoms with van der Waals surface area (Å²) in [5, 5.41) is 56.4. The lowest BCUT2D eigenvalue weighted by Crippen LogP contribution is -2.61. The van der Waals surface area contributed by atoms with Crippen LogP contribution in [0.15, 0.2) is 0 Å². The molecule has 1 unspecified atom stereocenters. The zero-order valence-electron chi connectivity index (χ0n) is 10.3. The minimum absolute atomic E-state index is 0.111. The van der Waals surface area contributed by atoms with Gasteiger partial charge in [-0.15, -0.1) is 0 Å². The fourth-order valence-corrected chi connectivity index (χ4v) is 2.00. The minimum Gasteiger partial charge on any atom is -0.481 e. The van der Waals surface area contributed by atoms with Gasteiger partial charge in [0.25, 0.3) is 0 Å². The maximum atomic E-state index is 10.3. The molecule has 8 nitrogen and oxygen atoms in total. The zero-order valence-corrected chi connectivity index (χ0v) is 10.3. The first kappa shape index (κ1) is 16.3. The van der Waals surface area contributed by atoms with Gasteiger partial charge in [0.05, 0.1) is 12.7 Å². The summed E-state index contributed by atoms with van der Waals surface area (Å²) in [4.78, 5) is 10.3. The molecule has 112 valence electrons. The third-order valence-corrected chi connectivity index (χ3v) is 3.14. The molecule has 1 fully saturated rings. The molecule has 1 aliphatic heterocycles. The Bertz CT molecular complexity index is 309. The number of carboxylic acid groups (broad SMARTS) is 1. The molecule has 1 rings (SSSR count). The molecule has 8 heteroatoms. The molecule has 19 heavy (non-hydrogen) atoms. The van der Waals surface area contributed by atoms with Gasteiger partial charge in [-0.3, -0.25) is 4.79 Å². The van der Waals surface area contributed by atoms with Gasteiger partial charge in [-0.25, -0.2) is 0 Å². The zero-order chi connectivity index (χ0) is 14.6. The predicted octanol–water partition coefficient (Wildman–Crippen LogP) is -2.21. The molecule has 1 saturated heterocycles. The summed E-state index contributed by atoms with van der Waals surface area (Å²) in [5.41, 5.74) is 0. The summed E-state index contributed by atoms with van der Waals surface area (Å²) in [6, 6.07) is 0. The molecule has 0 radical (unpaired) electrons. The van der Waals surface area contributed by atoms with E-state index in [9.17, 15) is 30.3 Å².